The summed E-state index contributed by atoms with van der Waals surface area (Å²) in [4.78, 5) is 2.54. The van der Waals surface area contributed by atoms with E-state index >= 15 is 0 Å². The fourth-order valence-electron chi connectivity index (χ4n) is 1.80. The van der Waals surface area contributed by atoms with Crippen LogP contribution in [0.5, 0.6) is 0 Å². The molecule has 1 nitrogen and oxygen atoms in total. The maximum Gasteiger partial charge on any atom is 0.0803 e. The van der Waals surface area contributed by atoms with Gasteiger partial charge in [-0.15, -0.1) is 11.3 Å². The first-order valence-electron chi connectivity index (χ1n) is 5.96. The van der Waals surface area contributed by atoms with Gasteiger partial charge < -0.3 is 5.11 Å². The van der Waals surface area contributed by atoms with Crippen LogP contribution in [0.3, 0.4) is 0 Å². The molecule has 1 rings (SSSR count). The minimum Gasteiger partial charge on any atom is -0.388 e. The van der Waals surface area contributed by atoms with Crippen molar-refractivity contribution in [3.05, 3.63) is 21.4 Å². The van der Waals surface area contributed by atoms with Gasteiger partial charge >= 0.3 is 0 Å². The predicted octanol–water partition coefficient (Wildman–Crippen LogP) is 4.47. The van der Waals surface area contributed by atoms with Gasteiger partial charge in [-0.1, -0.05) is 27.7 Å². The number of aliphatic hydroxyl groups excluding tert-OH is 1. The van der Waals surface area contributed by atoms with E-state index in [0.717, 1.165) is 12.0 Å². The van der Waals surface area contributed by atoms with Crippen LogP contribution in [0, 0.1) is 25.2 Å². The summed E-state index contributed by atoms with van der Waals surface area (Å²) in [5.74, 6) is 0.516. The minimum atomic E-state index is -0.306. The molecule has 0 saturated carbocycles. The molecule has 0 aromatic carbocycles. The van der Waals surface area contributed by atoms with Crippen LogP contribution in [-0.4, -0.2) is 5.11 Å². The molecule has 0 fully saturated rings. The lowest BCUT2D eigenvalue weighted by atomic mass is 9.78. The van der Waals surface area contributed by atoms with Crippen molar-refractivity contribution in [1.82, 2.24) is 0 Å². The summed E-state index contributed by atoms with van der Waals surface area (Å²) in [5.41, 5.74) is 1.39. The Bertz CT molecular complexity index is 346. The largest absolute Gasteiger partial charge is 0.388 e. The Labute approximate surface area is 104 Å². The molecular weight excluding hydrogens is 216 g/mol. The Hall–Kier alpha value is -0.340. The van der Waals surface area contributed by atoms with E-state index in [1.54, 1.807) is 11.3 Å². The Morgan fingerprint density at radius 2 is 1.88 bits per heavy atom. The van der Waals surface area contributed by atoms with Crippen molar-refractivity contribution in [2.45, 2.75) is 54.1 Å². The van der Waals surface area contributed by atoms with Gasteiger partial charge in [-0.05, 0) is 43.2 Å². The fourth-order valence-corrected chi connectivity index (χ4v) is 2.78. The van der Waals surface area contributed by atoms with Crippen molar-refractivity contribution in [3.8, 4) is 0 Å². The summed E-state index contributed by atoms with van der Waals surface area (Å²) >= 11 is 1.77. The average Bonchev–Trinajstić information content (AvgIpc) is 2.43. The van der Waals surface area contributed by atoms with Gasteiger partial charge in [0.05, 0.1) is 6.10 Å². The van der Waals surface area contributed by atoms with E-state index < -0.39 is 0 Å². The second-order valence-corrected chi connectivity index (χ2v) is 7.35. The first kappa shape index (κ1) is 13.7. The van der Waals surface area contributed by atoms with Crippen LogP contribution in [0.2, 0.25) is 0 Å². The normalized spacial score (nSPS) is 16.2. The Balaban J connectivity index is 2.73. The number of aliphatic hydroxyl groups is 1. The summed E-state index contributed by atoms with van der Waals surface area (Å²) < 4.78 is 0. The number of thiophene rings is 1. The average molecular weight is 240 g/mol. The summed E-state index contributed by atoms with van der Waals surface area (Å²) in [5, 5.41) is 10.3. The van der Waals surface area contributed by atoms with Gasteiger partial charge in [-0.25, -0.2) is 0 Å². The molecule has 1 N–H and O–H groups in total. The van der Waals surface area contributed by atoms with Gasteiger partial charge in [-0.3, -0.25) is 0 Å². The molecule has 0 aliphatic heterocycles. The lowest BCUT2D eigenvalue weighted by Gasteiger charge is -2.29. The number of hydrogen-bond donors (Lipinski definition) is 1. The second-order valence-electron chi connectivity index (χ2n) is 5.89. The molecule has 2 heteroatoms. The molecular formula is C14H24OS. The summed E-state index contributed by atoms with van der Waals surface area (Å²) in [6, 6.07) is 2.13. The molecule has 2 atom stereocenters. The molecule has 0 saturated heterocycles. The van der Waals surface area contributed by atoms with Crippen LogP contribution in [0.15, 0.2) is 6.07 Å². The lowest BCUT2D eigenvalue weighted by molar-refractivity contribution is 0.110. The number of rotatable bonds is 3. The predicted molar refractivity (Wildman–Crippen MR) is 72.0 cm³/mol. The molecule has 0 spiro atoms. The molecule has 0 amide bonds. The molecule has 1 heterocycles. The third kappa shape index (κ3) is 3.33. The number of hydrogen-bond acceptors (Lipinski definition) is 2. The quantitative estimate of drug-likeness (QED) is 0.826. The van der Waals surface area contributed by atoms with Crippen molar-refractivity contribution < 1.29 is 5.11 Å². The van der Waals surface area contributed by atoms with Crippen LogP contribution >= 0.6 is 11.3 Å². The zero-order valence-electron chi connectivity index (χ0n) is 11.3. The first-order valence-corrected chi connectivity index (χ1v) is 6.78. The number of aryl methyl sites for hydroxylation is 2. The smallest absolute Gasteiger partial charge is 0.0803 e. The van der Waals surface area contributed by atoms with Gasteiger partial charge in [0.2, 0.25) is 0 Å². The summed E-state index contributed by atoms with van der Waals surface area (Å²) in [7, 11) is 0. The van der Waals surface area contributed by atoms with E-state index in [1.807, 2.05) is 0 Å². The second kappa shape index (κ2) is 4.89. The molecule has 0 bridgehead atoms. The van der Waals surface area contributed by atoms with E-state index in [1.165, 1.54) is 9.75 Å². The molecule has 1 aromatic rings. The van der Waals surface area contributed by atoms with Gasteiger partial charge in [-0.2, -0.15) is 0 Å². The molecule has 1 aromatic heterocycles. The van der Waals surface area contributed by atoms with E-state index in [4.69, 9.17) is 0 Å². The zero-order valence-corrected chi connectivity index (χ0v) is 12.1. The van der Waals surface area contributed by atoms with Crippen molar-refractivity contribution in [2.75, 3.05) is 0 Å². The van der Waals surface area contributed by atoms with Gasteiger partial charge in [0.15, 0.2) is 0 Å². The van der Waals surface area contributed by atoms with Crippen molar-refractivity contribution in [2.24, 2.45) is 11.3 Å². The highest BCUT2D eigenvalue weighted by Crippen LogP contribution is 2.35. The Kier molecular flexibility index (Phi) is 4.19. The third-order valence-electron chi connectivity index (χ3n) is 3.49. The minimum absolute atomic E-state index is 0.264. The highest BCUT2D eigenvalue weighted by Gasteiger charge is 2.24. The van der Waals surface area contributed by atoms with Crippen LogP contribution in [0.25, 0.3) is 0 Å². The van der Waals surface area contributed by atoms with Crippen molar-refractivity contribution in [3.63, 3.8) is 0 Å². The molecule has 0 aliphatic carbocycles. The van der Waals surface area contributed by atoms with Crippen LogP contribution in [0.4, 0.5) is 0 Å². The lowest BCUT2D eigenvalue weighted by Crippen LogP contribution is -2.19. The molecule has 2 unspecified atom stereocenters. The van der Waals surface area contributed by atoms with E-state index in [2.05, 4.69) is 47.6 Å². The van der Waals surface area contributed by atoms with Crippen LogP contribution in [0.1, 0.15) is 55.5 Å². The van der Waals surface area contributed by atoms with Crippen molar-refractivity contribution in [1.29, 1.82) is 0 Å². The van der Waals surface area contributed by atoms with E-state index in [9.17, 15) is 5.11 Å². The van der Waals surface area contributed by atoms with Gasteiger partial charge in [0, 0.05) is 9.75 Å². The third-order valence-corrected chi connectivity index (χ3v) is 4.48. The zero-order chi connectivity index (χ0) is 12.5. The van der Waals surface area contributed by atoms with Crippen LogP contribution in [-0.2, 0) is 0 Å². The molecule has 92 valence electrons. The maximum absolute atomic E-state index is 10.3. The monoisotopic (exact) mass is 240 g/mol. The van der Waals surface area contributed by atoms with Gasteiger partial charge in [0.1, 0.15) is 0 Å². The topological polar surface area (TPSA) is 20.2 Å². The van der Waals surface area contributed by atoms with Crippen LogP contribution < -0.4 is 0 Å². The van der Waals surface area contributed by atoms with E-state index in [0.29, 0.717) is 5.92 Å². The fraction of sp³-hybridized carbons (Fsp3) is 0.714. The molecule has 16 heavy (non-hydrogen) atoms. The highest BCUT2D eigenvalue weighted by molar-refractivity contribution is 7.12. The Morgan fingerprint density at radius 1 is 1.31 bits per heavy atom. The Morgan fingerprint density at radius 3 is 2.25 bits per heavy atom. The standard InChI is InChI=1S/C14H24OS/c1-9(14(4,5)6)7-13(15)12-8-10(2)16-11(12)3/h8-9,13,15H,7H2,1-6H3. The SMILES string of the molecule is Cc1cc(C(O)CC(C)C(C)(C)C)c(C)s1. The van der Waals surface area contributed by atoms with Gasteiger partial charge in [0.25, 0.3) is 0 Å². The maximum atomic E-state index is 10.3. The first-order chi connectivity index (χ1) is 7.21. The molecule has 0 radical (unpaired) electrons. The van der Waals surface area contributed by atoms with E-state index in [-0.39, 0.29) is 11.5 Å². The summed E-state index contributed by atoms with van der Waals surface area (Å²) in [6.45, 7) is 13.1. The molecule has 0 aliphatic rings. The van der Waals surface area contributed by atoms with Crippen molar-refractivity contribution >= 4 is 11.3 Å². The summed E-state index contributed by atoms with van der Waals surface area (Å²) in [6.07, 6.45) is 0.541. The highest BCUT2D eigenvalue weighted by atomic mass is 32.1.